The summed E-state index contributed by atoms with van der Waals surface area (Å²) in [5.74, 6) is 0.799. The average molecular weight is 322 g/mol. The Morgan fingerprint density at radius 3 is 2.17 bits per heavy atom. The van der Waals surface area contributed by atoms with Crippen LogP contribution in [0.1, 0.15) is 31.3 Å². The highest BCUT2D eigenvalue weighted by molar-refractivity contribution is 5.30. The van der Waals surface area contributed by atoms with Crippen LogP contribution >= 0.6 is 0 Å². The minimum Gasteiger partial charge on any atom is -0.321 e. The third-order valence-electron chi connectivity index (χ3n) is 4.09. The van der Waals surface area contributed by atoms with Crippen molar-refractivity contribution in [3.05, 3.63) is 82.5 Å². The van der Waals surface area contributed by atoms with Crippen LogP contribution in [0.2, 0.25) is 0 Å². The lowest BCUT2D eigenvalue weighted by Gasteiger charge is -2.15. The molecular formula is C19H22N4O. The first kappa shape index (κ1) is 16.2. The summed E-state index contributed by atoms with van der Waals surface area (Å²) in [6.45, 7) is 4.52. The summed E-state index contributed by atoms with van der Waals surface area (Å²) in [6.07, 6.45) is 0. The number of nitrogens with two attached hydrogens (primary N) is 1. The fourth-order valence-electron chi connectivity index (χ4n) is 2.61. The molecule has 0 spiro atoms. The van der Waals surface area contributed by atoms with E-state index in [4.69, 9.17) is 5.73 Å². The van der Waals surface area contributed by atoms with Gasteiger partial charge in [0, 0.05) is 0 Å². The summed E-state index contributed by atoms with van der Waals surface area (Å²) in [5.41, 5.74) is 7.93. The summed E-state index contributed by atoms with van der Waals surface area (Å²) in [6, 6.07) is 19.0. The zero-order valence-electron chi connectivity index (χ0n) is 14.0. The Hall–Kier alpha value is -2.66. The SMILES string of the molecule is CC(C)C(N)c1nn(-c2ccccc2)c(=O)n1Cc1ccccc1. The van der Waals surface area contributed by atoms with E-state index >= 15 is 0 Å². The van der Waals surface area contributed by atoms with Crippen molar-refractivity contribution >= 4 is 0 Å². The molecule has 1 atom stereocenters. The lowest BCUT2D eigenvalue weighted by Crippen LogP contribution is -2.28. The minimum atomic E-state index is -0.300. The monoisotopic (exact) mass is 322 g/mol. The van der Waals surface area contributed by atoms with Crippen LogP contribution in [-0.2, 0) is 6.54 Å². The minimum absolute atomic E-state index is 0.170. The van der Waals surface area contributed by atoms with Crippen molar-refractivity contribution in [2.24, 2.45) is 11.7 Å². The van der Waals surface area contributed by atoms with Gasteiger partial charge in [0.05, 0.1) is 18.3 Å². The molecule has 0 saturated carbocycles. The molecule has 0 aliphatic rings. The second kappa shape index (κ2) is 6.84. The van der Waals surface area contributed by atoms with Crippen molar-refractivity contribution in [3.63, 3.8) is 0 Å². The van der Waals surface area contributed by atoms with Gasteiger partial charge < -0.3 is 5.73 Å². The van der Waals surface area contributed by atoms with Crippen molar-refractivity contribution in [1.29, 1.82) is 0 Å². The van der Waals surface area contributed by atoms with Gasteiger partial charge in [-0.1, -0.05) is 62.4 Å². The van der Waals surface area contributed by atoms with Gasteiger partial charge in [0.1, 0.15) is 0 Å². The average Bonchev–Trinajstić information content (AvgIpc) is 2.92. The molecule has 3 rings (SSSR count). The Morgan fingerprint density at radius 2 is 1.58 bits per heavy atom. The number of para-hydroxylation sites is 1. The quantitative estimate of drug-likeness (QED) is 0.785. The molecule has 3 aromatic rings. The molecule has 1 unspecified atom stereocenters. The maximum atomic E-state index is 12.9. The van der Waals surface area contributed by atoms with E-state index in [1.807, 2.05) is 74.5 Å². The number of nitrogens with zero attached hydrogens (tertiary/aromatic N) is 3. The smallest absolute Gasteiger partial charge is 0.321 e. The summed E-state index contributed by atoms with van der Waals surface area (Å²) in [5, 5.41) is 4.54. The van der Waals surface area contributed by atoms with Crippen LogP contribution in [0.25, 0.3) is 5.69 Å². The molecule has 0 aliphatic heterocycles. The third-order valence-corrected chi connectivity index (χ3v) is 4.09. The van der Waals surface area contributed by atoms with Gasteiger partial charge >= 0.3 is 5.69 Å². The van der Waals surface area contributed by atoms with E-state index in [1.54, 1.807) is 4.57 Å². The second-order valence-corrected chi connectivity index (χ2v) is 6.23. The van der Waals surface area contributed by atoms with E-state index in [9.17, 15) is 4.79 Å². The summed E-state index contributed by atoms with van der Waals surface area (Å²) in [7, 11) is 0. The Kier molecular flexibility index (Phi) is 4.62. The van der Waals surface area contributed by atoms with Gasteiger partial charge in [-0.3, -0.25) is 4.57 Å². The molecule has 0 aliphatic carbocycles. The van der Waals surface area contributed by atoms with E-state index in [0.29, 0.717) is 12.4 Å². The molecule has 0 saturated heterocycles. The van der Waals surface area contributed by atoms with Crippen LogP contribution in [0.4, 0.5) is 0 Å². The van der Waals surface area contributed by atoms with E-state index in [-0.39, 0.29) is 17.6 Å². The van der Waals surface area contributed by atoms with E-state index < -0.39 is 0 Å². The highest BCUT2D eigenvalue weighted by atomic mass is 16.2. The summed E-state index contributed by atoms with van der Waals surface area (Å²) in [4.78, 5) is 12.9. The van der Waals surface area contributed by atoms with Gasteiger partial charge in [0.15, 0.2) is 5.82 Å². The van der Waals surface area contributed by atoms with E-state index in [2.05, 4.69) is 5.10 Å². The number of hydrogen-bond acceptors (Lipinski definition) is 3. The first-order valence-electron chi connectivity index (χ1n) is 8.12. The molecular weight excluding hydrogens is 300 g/mol. The van der Waals surface area contributed by atoms with Crippen LogP contribution < -0.4 is 11.4 Å². The fourth-order valence-corrected chi connectivity index (χ4v) is 2.61. The molecule has 0 radical (unpaired) electrons. The Balaban J connectivity index is 2.11. The number of hydrogen-bond donors (Lipinski definition) is 1. The van der Waals surface area contributed by atoms with E-state index in [0.717, 1.165) is 11.3 Å². The van der Waals surface area contributed by atoms with Crippen LogP contribution in [0, 0.1) is 5.92 Å². The third kappa shape index (κ3) is 3.16. The summed E-state index contributed by atoms with van der Waals surface area (Å²) < 4.78 is 3.10. The Bertz CT molecular complexity index is 850. The van der Waals surface area contributed by atoms with Gasteiger partial charge in [0.2, 0.25) is 0 Å². The largest absolute Gasteiger partial charge is 0.351 e. The summed E-state index contributed by atoms with van der Waals surface area (Å²) >= 11 is 0. The standard InChI is InChI=1S/C19H22N4O/c1-14(2)17(20)18-21-23(16-11-7-4-8-12-16)19(24)22(18)13-15-9-5-3-6-10-15/h3-12,14,17H,13,20H2,1-2H3. The number of aromatic nitrogens is 3. The van der Waals surface area contributed by atoms with Gasteiger partial charge in [-0.05, 0) is 23.6 Å². The molecule has 2 N–H and O–H groups in total. The molecule has 24 heavy (non-hydrogen) atoms. The zero-order chi connectivity index (χ0) is 17.1. The second-order valence-electron chi connectivity index (χ2n) is 6.23. The van der Waals surface area contributed by atoms with Crippen LogP contribution in [0.3, 0.4) is 0 Å². The van der Waals surface area contributed by atoms with Crippen LogP contribution in [-0.4, -0.2) is 14.3 Å². The molecule has 0 fully saturated rings. The Morgan fingerprint density at radius 1 is 1.00 bits per heavy atom. The lowest BCUT2D eigenvalue weighted by molar-refractivity contribution is 0.468. The van der Waals surface area contributed by atoms with E-state index in [1.165, 1.54) is 4.68 Å². The fraction of sp³-hybridized carbons (Fsp3) is 0.263. The van der Waals surface area contributed by atoms with Crippen LogP contribution in [0.15, 0.2) is 65.5 Å². The predicted octanol–water partition coefficient (Wildman–Crippen LogP) is 2.74. The highest BCUT2D eigenvalue weighted by Gasteiger charge is 2.22. The zero-order valence-corrected chi connectivity index (χ0v) is 14.0. The van der Waals surface area contributed by atoms with Crippen LogP contribution in [0.5, 0.6) is 0 Å². The first-order valence-corrected chi connectivity index (χ1v) is 8.12. The molecule has 2 aromatic carbocycles. The van der Waals surface area contributed by atoms with Crippen molar-refractivity contribution < 1.29 is 0 Å². The molecule has 5 nitrogen and oxygen atoms in total. The molecule has 1 aromatic heterocycles. The van der Waals surface area contributed by atoms with Gasteiger partial charge in [-0.15, -0.1) is 5.10 Å². The molecule has 1 heterocycles. The molecule has 0 amide bonds. The molecule has 124 valence electrons. The van der Waals surface area contributed by atoms with Gasteiger partial charge in [0.25, 0.3) is 0 Å². The maximum Gasteiger partial charge on any atom is 0.351 e. The molecule has 5 heteroatoms. The Labute approximate surface area is 141 Å². The van der Waals surface area contributed by atoms with Gasteiger partial charge in [-0.25, -0.2) is 4.79 Å². The topological polar surface area (TPSA) is 65.8 Å². The van der Waals surface area contributed by atoms with Crippen molar-refractivity contribution in [1.82, 2.24) is 14.3 Å². The molecule has 0 bridgehead atoms. The van der Waals surface area contributed by atoms with Gasteiger partial charge in [-0.2, -0.15) is 4.68 Å². The van der Waals surface area contributed by atoms with Crippen molar-refractivity contribution in [2.45, 2.75) is 26.4 Å². The highest BCUT2D eigenvalue weighted by Crippen LogP contribution is 2.18. The number of benzene rings is 2. The van der Waals surface area contributed by atoms with Crippen molar-refractivity contribution in [2.75, 3.05) is 0 Å². The lowest BCUT2D eigenvalue weighted by atomic mass is 10.0. The maximum absolute atomic E-state index is 12.9. The predicted molar refractivity (Wildman–Crippen MR) is 95.1 cm³/mol. The first-order chi connectivity index (χ1) is 11.6. The number of rotatable bonds is 5. The van der Waals surface area contributed by atoms with Crippen molar-refractivity contribution in [3.8, 4) is 5.69 Å². The normalized spacial score (nSPS) is 12.5.